The molecule has 0 bridgehead atoms. The Morgan fingerprint density at radius 3 is 1.50 bits per heavy atom. The van der Waals surface area contributed by atoms with E-state index in [2.05, 4.69) is 39.2 Å². The lowest BCUT2D eigenvalue weighted by Gasteiger charge is -2.37. The van der Waals surface area contributed by atoms with Crippen molar-refractivity contribution in [3.05, 3.63) is 25.3 Å². The first kappa shape index (κ1) is 18.1. The van der Waals surface area contributed by atoms with E-state index in [0.29, 0.717) is 0 Å². The Morgan fingerprint density at radius 1 is 0.875 bits per heavy atom. The number of quaternary nitrogens is 1. The predicted octanol–water partition coefficient (Wildman–Crippen LogP) is 0.779. The third-order valence-corrected chi connectivity index (χ3v) is 3.00. The van der Waals surface area contributed by atoms with Crippen molar-refractivity contribution in [3.63, 3.8) is 0 Å². The van der Waals surface area contributed by atoms with E-state index < -0.39 is 0 Å². The number of rotatable bonds is 10. The molecule has 0 N–H and O–H groups in total. The van der Waals surface area contributed by atoms with Gasteiger partial charge in [0.25, 0.3) is 0 Å². The average molecular weight is 246 g/mol. The fraction of sp³-hybridized carbons (Fsp3) is 0.714. The molecule has 0 spiro atoms. The smallest absolute Gasteiger partial charge is 0.0973 e. The molecule has 0 heterocycles. The van der Waals surface area contributed by atoms with Gasteiger partial charge < -0.3 is 16.9 Å². The zero-order valence-electron chi connectivity index (χ0n) is 11.1. The lowest BCUT2D eigenvalue weighted by molar-refractivity contribution is -0.917. The molecule has 0 aromatic heterocycles. The number of nitrogens with zero attached hydrogens (tertiary/aromatic N) is 1. The maximum atomic E-state index is 3.89. The molecular weight excluding hydrogens is 218 g/mol. The summed E-state index contributed by atoms with van der Waals surface area (Å²) in [6, 6.07) is 0. The summed E-state index contributed by atoms with van der Waals surface area (Å²) in [6.07, 6.45) is 9.31. The van der Waals surface area contributed by atoms with Crippen LogP contribution in [0.3, 0.4) is 0 Å². The molecule has 0 fully saturated rings. The van der Waals surface area contributed by atoms with Crippen LogP contribution in [0.5, 0.6) is 0 Å². The van der Waals surface area contributed by atoms with Gasteiger partial charge in [-0.25, -0.2) is 0 Å². The standard InChI is InChI=1S/C14H28N.ClH/c1-5-9-13-15(11-7-3,12-8-4)14-10-6-2;/h7-8H,3-6,9-14H2,1-2H3;1H/q+1;/p-1. The van der Waals surface area contributed by atoms with Gasteiger partial charge in [-0.3, -0.25) is 0 Å². The van der Waals surface area contributed by atoms with Crippen molar-refractivity contribution >= 4 is 0 Å². The van der Waals surface area contributed by atoms with Gasteiger partial charge in [-0.2, -0.15) is 0 Å². The second-order valence-electron chi connectivity index (χ2n) is 4.44. The second kappa shape index (κ2) is 11.2. The quantitative estimate of drug-likeness (QED) is 0.394. The van der Waals surface area contributed by atoms with Crippen LogP contribution in [0.25, 0.3) is 0 Å². The van der Waals surface area contributed by atoms with Gasteiger partial charge >= 0.3 is 0 Å². The van der Waals surface area contributed by atoms with Crippen molar-refractivity contribution in [1.82, 2.24) is 0 Å². The fourth-order valence-corrected chi connectivity index (χ4v) is 2.09. The minimum Gasteiger partial charge on any atom is -1.00 e. The van der Waals surface area contributed by atoms with Crippen molar-refractivity contribution in [3.8, 4) is 0 Å². The van der Waals surface area contributed by atoms with Crippen LogP contribution in [-0.2, 0) is 0 Å². The molecule has 2 heteroatoms. The molecule has 0 aromatic carbocycles. The molecule has 1 nitrogen and oxygen atoms in total. The minimum absolute atomic E-state index is 0. The Hall–Kier alpha value is -0.270. The normalized spacial score (nSPS) is 10.6. The van der Waals surface area contributed by atoms with Gasteiger partial charge in [0.05, 0.1) is 26.2 Å². The molecule has 96 valence electrons. The van der Waals surface area contributed by atoms with E-state index in [1.165, 1.54) is 38.8 Å². The largest absolute Gasteiger partial charge is 1.00 e. The second-order valence-corrected chi connectivity index (χ2v) is 4.44. The monoisotopic (exact) mass is 245 g/mol. The minimum atomic E-state index is 0. The highest BCUT2D eigenvalue weighted by Gasteiger charge is 2.22. The Labute approximate surface area is 108 Å². The zero-order valence-corrected chi connectivity index (χ0v) is 11.8. The van der Waals surface area contributed by atoms with Crippen LogP contribution in [0.2, 0.25) is 0 Å². The molecule has 0 aliphatic heterocycles. The van der Waals surface area contributed by atoms with Crippen molar-refractivity contribution in [2.45, 2.75) is 39.5 Å². The van der Waals surface area contributed by atoms with Gasteiger partial charge in [-0.1, -0.05) is 39.8 Å². The van der Waals surface area contributed by atoms with Crippen LogP contribution in [0, 0.1) is 0 Å². The third-order valence-electron chi connectivity index (χ3n) is 3.00. The van der Waals surface area contributed by atoms with Gasteiger partial charge in [-0.05, 0) is 25.0 Å². The van der Waals surface area contributed by atoms with E-state index in [0.717, 1.165) is 17.6 Å². The highest BCUT2D eigenvalue weighted by Crippen LogP contribution is 2.12. The maximum Gasteiger partial charge on any atom is 0.0973 e. The first-order valence-electron chi connectivity index (χ1n) is 6.31. The number of halogens is 1. The Balaban J connectivity index is 0. The Bertz CT molecular complexity index is 158. The van der Waals surface area contributed by atoms with Gasteiger partial charge in [-0.15, -0.1) is 0 Å². The Morgan fingerprint density at radius 2 is 1.25 bits per heavy atom. The van der Waals surface area contributed by atoms with E-state index in [1.54, 1.807) is 0 Å². The number of hydrogen-bond donors (Lipinski definition) is 0. The lowest BCUT2D eigenvalue weighted by Crippen LogP contribution is -3.00. The highest BCUT2D eigenvalue weighted by atomic mass is 35.5. The molecule has 0 saturated carbocycles. The van der Waals surface area contributed by atoms with E-state index in [4.69, 9.17) is 0 Å². The van der Waals surface area contributed by atoms with Gasteiger partial charge in [0.1, 0.15) is 0 Å². The van der Waals surface area contributed by atoms with E-state index in [-0.39, 0.29) is 12.4 Å². The van der Waals surface area contributed by atoms with E-state index in [1.807, 2.05) is 0 Å². The molecule has 0 amide bonds. The fourth-order valence-electron chi connectivity index (χ4n) is 2.09. The summed E-state index contributed by atoms with van der Waals surface area (Å²) in [7, 11) is 0. The topological polar surface area (TPSA) is 0 Å². The first-order valence-corrected chi connectivity index (χ1v) is 6.31. The third kappa shape index (κ3) is 7.08. The molecule has 0 aromatic rings. The maximum absolute atomic E-state index is 3.89. The van der Waals surface area contributed by atoms with Crippen molar-refractivity contribution < 1.29 is 16.9 Å². The molecule has 0 aliphatic rings. The van der Waals surface area contributed by atoms with E-state index >= 15 is 0 Å². The SMILES string of the molecule is C=CC[N+](CC=C)(CCCC)CCCC.[Cl-]. The summed E-state index contributed by atoms with van der Waals surface area (Å²) in [5.41, 5.74) is 0. The predicted molar refractivity (Wildman–Crippen MR) is 69.9 cm³/mol. The molecule has 0 aliphatic carbocycles. The summed E-state index contributed by atoms with van der Waals surface area (Å²) in [5.74, 6) is 0. The average Bonchev–Trinajstić information content (AvgIpc) is 2.24. The van der Waals surface area contributed by atoms with Crippen LogP contribution >= 0.6 is 0 Å². The number of hydrogen-bond acceptors (Lipinski definition) is 0. The van der Waals surface area contributed by atoms with Crippen molar-refractivity contribution in [2.24, 2.45) is 0 Å². The summed E-state index contributed by atoms with van der Waals surface area (Å²) >= 11 is 0. The number of unbranched alkanes of at least 4 members (excludes halogenated alkanes) is 2. The van der Waals surface area contributed by atoms with Gasteiger partial charge in [0, 0.05) is 0 Å². The molecule has 0 saturated heterocycles. The zero-order chi connectivity index (χ0) is 11.6. The molecule has 0 unspecified atom stereocenters. The van der Waals surface area contributed by atoms with Crippen LogP contribution in [-0.4, -0.2) is 30.7 Å². The van der Waals surface area contributed by atoms with Crippen molar-refractivity contribution in [2.75, 3.05) is 26.2 Å². The molecule has 0 radical (unpaired) electrons. The van der Waals surface area contributed by atoms with Crippen LogP contribution in [0.4, 0.5) is 0 Å². The molecule has 16 heavy (non-hydrogen) atoms. The van der Waals surface area contributed by atoms with E-state index in [9.17, 15) is 0 Å². The highest BCUT2D eigenvalue weighted by molar-refractivity contribution is 4.72. The summed E-state index contributed by atoms with van der Waals surface area (Å²) in [6.45, 7) is 17.0. The van der Waals surface area contributed by atoms with Crippen LogP contribution < -0.4 is 12.4 Å². The summed E-state index contributed by atoms with van der Waals surface area (Å²) in [4.78, 5) is 0. The lowest BCUT2D eigenvalue weighted by atomic mass is 10.2. The van der Waals surface area contributed by atoms with Crippen molar-refractivity contribution in [1.29, 1.82) is 0 Å². The Kier molecular flexibility index (Phi) is 12.7. The summed E-state index contributed by atoms with van der Waals surface area (Å²) in [5, 5.41) is 0. The van der Waals surface area contributed by atoms with Gasteiger partial charge in [0.2, 0.25) is 0 Å². The molecular formula is C14H28ClN. The summed E-state index contributed by atoms with van der Waals surface area (Å²) < 4.78 is 1.16. The van der Waals surface area contributed by atoms with Crippen LogP contribution in [0.1, 0.15) is 39.5 Å². The van der Waals surface area contributed by atoms with Crippen LogP contribution in [0.15, 0.2) is 25.3 Å². The first-order chi connectivity index (χ1) is 7.24. The van der Waals surface area contributed by atoms with Gasteiger partial charge in [0.15, 0.2) is 0 Å². The molecule has 0 rings (SSSR count). The molecule has 0 atom stereocenters.